The van der Waals surface area contributed by atoms with Crippen LogP contribution in [0.25, 0.3) is 0 Å². The van der Waals surface area contributed by atoms with E-state index in [0.29, 0.717) is 25.0 Å². The molecule has 1 amide bonds. The number of carbonyl (C=O) groups excluding carboxylic acids is 1. The minimum atomic E-state index is -3.67. The number of hydrogen-bond acceptors (Lipinski definition) is 7. The van der Waals surface area contributed by atoms with Gasteiger partial charge in [-0.3, -0.25) is 9.35 Å². The van der Waals surface area contributed by atoms with Gasteiger partial charge in [0.15, 0.2) is 0 Å². The van der Waals surface area contributed by atoms with Gasteiger partial charge in [0.2, 0.25) is 0 Å². The Morgan fingerprint density at radius 1 is 0.897 bits per heavy atom. The van der Waals surface area contributed by atoms with Crippen molar-refractivity contribution < 1.29 is 27.2 Å². The molecule has 210 valence electrons. The quantitative estimate of drug-likeness (QED) is 0.104. The number of ether oxygens (including phenoxy) is 2. The highest BCUT2D eigenvalue weighted by atomic mass is 32.2. The summed E-state index contributed by atoms with van der Waals surface area (Å²) in [5.41, 5.74) is 2.48. The number of para-hydroxylation sites is 1. The molecule has 0 radical (unpaired) electrons. The normalized spacial score (nSPS) is 11.1. The smallest absolute Gasteiger partial charge is 0.261 e. The third-order valence-corrected chi connectivity index (χ3v) is 5.30. The standard InChI is InChI=1S/C28H33N3O3.CH4O3S/c1-22(2)31(25-9-5-3-6-10-25)28(32)24-13-17-27(18-14-24)34-20-8-4-7-19-33-26-15-11-23(12-16-26)21-30-29;1-5(2,3)4/h3,5-6,9-18,21-22H,4,7-8,19-20,29H2,1-2H3;1H3,(H,2,3,4). The SMILES string of the molecule is CC(C)N(C(=O)c1ccc(OCCCCCOc2ccc(C=NN)cc2)cc1)c1ccccc1.CS(=O)(=O)O. The van der Waals surface area contributed by atoms with E-state index >= 15 is 0 Å². The van der Waals surface area contributed by atoms with E-state index in [1.165, 1.54) is 0 Å². The zero-order valence-corrected chi connectivity index (χ0v) is 23.4. The first-order chi connectivity index (χ1) is 18.6. The molecule has 0 spiro atoms. The van der Waals surface area contributed by atoms with Crippen molar-refractivity contribution in [2.24, 2.45) is 10.9 Å². The Labute approximate surface area is 231 Å². The van der Waals surface area contributed by atoms with Crippen molar-refractivity contribution in [2.45, 2.75) is 39.2 Å². The lowest BCUT2D eigenvalue weighted by atomic mass is 10.1. The van der Waals surface area contributed by atoms with Crippen molar-refractivity contribution in [2.75, 3.05) is 24.4 Å². The van der Waals surface area contributed by atoms with Crippen LogP contribution >= 0.6 is 0 Å². The molecular weight excluding hydrogens is 518 g/mol. The predicted molar refractivity (Wildman–Crippen MR) is 155 cm³/mol. The lowest BCUT2D eigenvalue weighted by molar-refractivity contribution is 0.0980. The zero-order valence-electron chi connectivity index (χ0n) is 22.6. The molecule has 3 aromatic carbocycles. The molecule has 0 bridgehead atoms. The number of anilines is 1. The lowest BCUT2D eigenvalue weighted by Gasteiger charge is -2.27. The second kappa shape index (κ2) is 16.2. The van der Waals surface area contributed by atoms with Gasteiger partial charge in [0.1, 0.15) is 11.5 Å². The maximum atomic E-state index is 13.1. The summed E-state index contributed by atoms with van der Waals surface area (Å²) in [5, 5.41) is 3.50. The molecule has 0 atom stereocenters. The van der Waals surface area contributed by atoms with E-state index in [-0.39, 0.29) is 11.9 Å². The molecule has 3 rings (SSSR count). The second-order valence-corrected chi connectivity index (χ2v) is 10.4. The van der Waals surface area contributed by atoms with Gasteiger partial charge < -0.3 is 20.2 Å². The van der Waals surface area contributed by atoms with E-state index in [2.05, 4.69) is 5.10 Å². The number of unbranched alkanes of at least 4 members (excludes halogenated alkanes) is 2. The number of hydrazone groups is 1. The third-order valence-electron chi connectivity index (χ3n) is 5.30. The van der Waals surface area contributed by atoms with E-state index in [4.69, 9.17) is 19.9 Å². The largest absolute Gasteiger partial charge is 0.494 e. The van der Waals surface area contributed by atoms with Gasteiger partial charge in [0, 0.05) is 17.3 Å². The van der Waals surface area contributed by atoms with Crippen molar-refractivity contribution in [1.29, 1.82) is 0 Å². The van der Waals surface area contributed by atoms with Crippen LogP contribution in [-0.4, -0.2) is 50.6 Å². The molecule has 0 saturated carbocycles. The zero-order chi connectivity index (χ0) is 28.7. The Morgan fingerprint density at radius 3 is 1.85 bits per heavy atom. The number of carbonyl (C=O) groups is 1. The predicted octanol–water partition coefficient (Wildman–Crippen LogP) is 5.17. The third kappa shape index (κ3) is 12.5. The van der Waals surface area contributed by atoms with Crippen LogP contribution in [0.15, 0.2) is 84.0 Å². The van der Waals surface area contributed by atoms with Crippen molar-refractivity contribution in [3.05, 3.63) is 90.0 Å². The number of nitrogens with two attached hydrogens (primary N) is 1. The maximum Gasteiger partial charge on any atom is 0.261 e. The topological polar surface area (TPSA) is 132 Å². The minimum Gasteiger partial charge on any atom is -0.494 e. The van der Waals surface area contributed by atoms with E-state index in [0.717, 1.165) is 42.0 Å². The summed E-state index contributed by atoms with van der Waals surface area (Å²) < 4.78 is 37.5. The molecular formula is C29H37N3O6S. The Hall–Kier alpha value is -3.89. The van der Waals surface area contributed by atoms with Gasteiger partial charge in [-0.1, -0.05) is 18.2 Å². The van der Waals surface area contributed by atoms with Crippen LogP contribution in [0.5, 0.6) is 11.5 Å². The highest BCUT2D eigenvalue weighted by Crippen LogP contribution is 2.21. The van der Waals surface area contributed by atoms with Gasteiger partial charge >= 0.3 is 0 Å². The summed E-state index contributed by atoms with van der Waals surface area (Å²) in [7, 11) is -3.67. The van der Waals surface area contributed by atoms with E-state index in [9.17, 15) is 13.2 Å². The molecule has 0 aliphatic rings. The molecule has 0 aliphatic carbocycles. The molecule has 0 saturated heterocycles. The van der Waals surface area contributed by atoms with Crippen LogP contribution in [0, 0.1) is 0 Å². The average Bonchev–Trinajstić information content (AvgIpc) is 2.89. The Bertz CT molecular complexity index is 1250. The van der Waals surface area contributed by atoms with E-state index in [1.807, 2.05) is 92.7 Å². The molecule has 0 fully saturated rings. The van der Waals surface area contributed by atoms with Crippen LogP contribution in [0.1, 0.15) is 49.0 Å². The van der Waals surface area contributed by atoms with Gasteiger partial charge in [-0.2, -0.15) is 13.5 Å². The first-order valence-electron chi connectivity index (χ1n) is 12.6. The van der Waals surface area contributed by atoms with Crippen LogP contribution < -0.4 is 20.2 Å². The molecule has 10 heteroatoms. The Morgan fingerprint density at radius 2 is 1.38 bits per heavy atom. The molecule has 3 aromatic rings. The minimum absolute atomic E-state index is 0.0186. The molecule has 9 nitrogen and oxygen atoms in total. The highest BCUT2D eigenvalue weighted by molar-refractivity contribution is 7.85. The summed E-state index contributed by atoms with van der Waals surface area (Å²) >= 11 is 0. The van der Waals surface area contributed by atoms with Crippen LogP contribution in [0.2, 0.25) is 0 Å². The number of amides is 1. The molecule has 0 aromatic heterocycles. The van der Waals surface area contributed by atoms with Gasteiger partial charge in [0.25, 0.3) is 16.0 Å². The van der Waals surface area contributed by atoms with Crippen LogP contribution in [0.4, 0.5) is 5.69 Å². The number of rotatable bonds is 12. The monoisotopic (exact) mass is 555 g/mol. The highest BCUT2D eigenvalue weighted by Gasteiger charge is 2.20. The number of benzene rings is 3. The fourth-order valence-electron chi connectivity index (χ4n) is 3.57. The van der Waals surface area contributed by atoms with Gasteiger partial charge in [-0.05, 0) is 99.3 Å². The van der Waals surface area contributed by atoms with E-state index in [1.54, 1.807) is 11.1 Å². The summed E-state index contributed by atoms with van der Waals surface area (Å²) in [4.78, 5) is 14.9. The fourth-order valence-corrected chi connectivity index (χ4v) is 3.57. The van der Waals surface area contributed by atoms with E-state index < -0.39 is 10.1 Å². The second-order valence-electron chi connectivity index (χ2n) is 8.97. The lowest BCUT2D eigenvalue weighted by Crippen LogP contribution is -2.36. The molecule has 0 unspecified atom stereocenters. The fraction of sp³-hybridized carbons (Fsp3) is 0.310. The van der Waals surface area contributed by atoms with Crippen molar-refractivity contribution in [3.63, 3.8) is 0 Å². The Balaban J connectivity index is 0.000000976. The number of hydrogen-bond donors (Lipinski definition) is 2. The molecule has 39 heavy (non-hydrogen) atoms. The van der Waals surface area contributed by atoms with Crippen LogP contribution in [0.3, 0.4) is 0 Å². The van der Waals surface area contributed by atoms with Crippen molar-refractivity contribution in [1.82, 2.24) is 0 Å². The van der Waals surface area contributed by atoms with Gasteiger partial charge in [-0.25, -0.2) is 0 Å². The van der Waals surface area contributed by atoms with Crippen molar-refractivity contribution in [3.8, 4) is 11.5 Å². The van der Waals surface area contributed by atoms with Crippen molar-refractivity contribution >= 4 is 27.9 Å². The summed E-state index contributed by atoms with van der Waals surface area (Å²) in [5.74, 6) is 6.73. The summed E-state index contributed by atoms with van der Waals surface area (Å²) in [6.07, 6.45) is 5.21. The van der Waals surface area contributed by atoms with Gasteiger partial charge in [0.05, 0.1) is 25.7 Å². The first-order valence-corrected chi connectivity index (χ1v) is 14.4. The molecule has 0 heterocycles. The summed E-state index contributed by atoms with van der Waals surface area (Å²) in [6.45, 7) is 5.32. The number of nitrogens with zero attached hydrogens (tertiary/aromatic N) is 2. The maximum absolute atomic E-state index is 13.1. The summed E-state index contributed by atoms with van der Waals surface area (Å²) in [6, 6.07) is 24.8. The van der Waals surface area contributed by atoms with Crippen LogP contribution in [-0.2, 0) is 10.1 Å². The molecule has 3 N–H and O–H groups in total. The first kappa shape index (κ1) is 31.3. The Kier molecular flexibility index (Phi) is 13.0. The van der Waals surface area contributed by atoms with Gasteiger partial charge in [-0.15, -0.1) is 0 Å². The molecule has 0 aliphatic heterocycles. The average molecular weight is 556 g/mol.